The summed E-state index contributed by atoms with van der Waals surface area (Å²) in [5.41, 5.74) is 0.581. The van der Waals surface area contributed by atoms with E-state index in [2.05, 4.69) is 10.6 Å². The average molecular weight is 359 g/mol. The van der Waals surface area contributed by atoms with E-state index in [1.54, 1.807) is 35.2 Å². The Bertz CT molecular complexity index is 740. The minimum atomic E-state index is -0.267. The third-order valence-electron chi connectivity index (χ3n) is 4.49. The predicted octanol–water partition coefficient (Wildman–Crippen LogP) is 2.57. The Morgan fingerprint density at radius 3 is 2.62 bits per heavy atom. The normalized spacial score (nSPS) is 14.9. The number of carbonyl (C=O) groups is 2. The van der Waals surface area contributed by atoms with Crippen LogP contribution in [0, 0.1) is 5.82 Å². The Hall–Kier alpha value is -2.83. The molecule has 0 bridgehead atoms. The lowest BCUT2D eigenvalue weighted by molar-refractivity contribution is 0.0676. The van der Waals surface area contributed by atoms with Crippen LogP contribution in [0.2, 0.25) is 0 Å². The number of furan rings is 1. The lowest BCUT2D eigenvalue weighted by Crippen LogP contribution is -2.49. The standard InChI is InChI=1S/C19H22FN3O3/c20-16-5-2-1-4-14(16)7-10-21-19(25)22-15-8-11-23(12-9-15)18(24)17-6-3-13-26-17/h1-6,13,15H,7-12H2,(H2,21,22,25). The molecule has 0 atom stereocenters. The number of nitrogens with zero attached hydrogens (tertiary/aromatic N) is 1. The molecule has 3 amide bonds. The summed E-state index contributed by atoms with van der Waals surface area (Å²) in [5.74, 6) is -0.0478. The van der Waals surface area contributed by atoms with Crippen LogP contribution in [-0.4, -0.2) is 42.5 Å². The van der Waals surface area contributed by atoms with E-state index in [1.165, 1.54) is 12.3 Å². The summed E-state index contributed by atoms with van der Waals surface area (Å²) in [7, 11) is 0. The minimum Gasteiger partial charge on any atom is -0.459 e. The second kappa shape index (κ2) is 8.51. The van der Waals surface area contributed by atoms with E-state index >= 15 is 0 Å². The highest BCUT2D eigenvalue weighted by molar-refractivity contribution is 5.91. The molecule has 1 aromatic heterocycles. The van der Waals surface area contributed by atoms with Crippen LogP contribution in [0.1, 0.15) is 29.0 Å². The highest BCUT2D eigenvalue weighted by Crippen LogP contribution is 2.14. The van der Waals surface area contributed by atoms with Crippen molar-refractivity contribution >= 4 is 11.9 Å². The average Bonchev–Trinajstić information content (AvgIpc) is 3.18. The maximum Gasteiger partial charge on any atom is 0.315 e. The Balaban J connectivity index is 1.37. The van der Waals surface area contributed by atoms with Crippen LogP contribution < -0.4 is 10.6 Å². The number of carbonyl (C=O) groups excluding carboxylic acids is 2. The quantitative estimate of drug-likeness (QED) is 0.862. The van der Waals surface area contributed by atoms with Gasteiger partial charge in [0.05, 0.1) is 6.26 Å². The van der Waals surface area contributed by atoms with Crippen LogP contribution >= 0.6 is 0 Å². The zero-order valence-corrected chi connectivity index (χ0v) is 14.4. The van der Waals surface area contributed by atoms with E-state index < -0.39 is 0 Å². The van der Waals surface area contributed by atoms with Gasteiger partial charge in [0.1, 0.15) is 5.82 Å². The number of hydrogen-bond acceptors (Lipinski definition) is 3. The van der Waals surface area contributed by atoms with Crippen LogP contribution in [0.4, 0.5) is 9.18 Å². The van der Waals surface area contributed by atoms with Crippen molar-refractivity contribution in [2.45, 2.75) is 25.3 Å². The van der Waals surface area contributed by atoms with E-state index in [1.807, 2.05) is 0 Å². The molecule has 1 aromatic carbocycles. The van der Waals surface area contributed by atoms with Crippen LogP contribution in [0.15, 0.2) is 47.1 Å². The molecular weight excluding hydrogens is 337 g/mol. The third-order valence-corrected chi connectivity index (χ3v) is 4.49. The summed E-state index contributed by atoms with van der Waals surface area (Å²) < 4.78 is 18.7. The van der Waals surface area contributed by atoms with Gasteiger partial charge in [-0.05, 0) is 43.0 Å². The molecule has 2 aromatic rings. The lowest BCUT2D eigenvalue weighted by atomic mass is 10.0. The molecule has 1 aliphatic heterocycles. The number of piperidine rings is 1. The zero-order chi connectivity index (χ0) is 18.4. The van der Waals surface area contributed by atoms with E-state index in [0.29, 0.717) is 50.2 Å². The first-order valence-electron chi connectivity index (χ1n) is 8.74. The van der Waals surface area contributed by atoms with Gasteiger partial charge in [-0.15, -0.1) is 0 Å². The third kappa shape index (κ3) is 4.62. The van der Waals surface area contributed by atoms with Gasteiger partial charge < -0.3 is 20.0 Å². The number of urea groups is 1. The van der Waals surface area contributed by atoms with Crippen molar-refractivity contribution in [2.75, 3.05) is 19.6 Å². The van der Waals surface area contributed by atoms with Crippen molar-refractivity contribution in [2.24, 2.45) is 0 Å². The van der Waals surface area contributed by atoms with Gasteiger partial charge in [0, 0.05) is 25.7 Å². The number of benzene rings is 1. The summed E-state index contributed by atoms with van der Waals surface area (Å²) in [6, 6.07) is 9.62. The van der Waals surface area contributed by atoms with E-state index in [9.17, 15) is 14.0 Å². The molecule has 0 unspecified atom stereocenters. The van der Waals surface area contributed by atoms with Gasteiger partial charge in [-0.1, -0.05) is 18.2 Å². The SMILES string of the molecule is O=C(NCCc1ccccc1F)NC1CCN(C(=O)c2ccco2)CC1. The zero-order valence-electron chi connectivity index (χ0n) is 14.4. The number of amides is 3. The Kier molecular flexibility index (Phi) is 5.88. The maximum absolute atomic E-state index is 13.5. The summed E-state index contributed by atoms with van der Waals surface area (Å²) in [6.07, 6.45) is 3.30. The largest absolute Gasteiger partial charge is 0.459 e. The maximum atomic E-state index is 13.5. The van der Waals surface area contributed by atoms with Gasteiger partial charge in [-0.25, -0.2) is 9.18 Å². The van der Waals surface area contributed by atoms with Crippen molar-refractivity contribution in [1.29, 1.82) is 0 Å². The van der Waals surface area contributed by atoms with Gasteiger partial charge in [-0.3, -0.25) is 4.79 Å². The Morgan fingerprint density at radius 2 is 1.92 bits per heavy atom. The second-order valence-electron chi connectivity index (χ2n) is 6.29. The number of likely N-dealkylation sites (tertiary alicyclic amines) is 1. The Labute approximate surface area is 151 Å². The van der Waals surface area contributed by atoms with Crippen LogP contribution in [0.5, 0.6) is 0 Å². The molecule has 26 heavy (non-hydrogen) atoms. The van der Waals surface area contributed by atoms with Crippen LogP contribution in [0.25, 0.3) is 0 Å². The molecule has 1 saturated heterocycles. The fraction of sp³-hybridized carbons (Fsp3) is 0.368. The molecule has 0 aliphatic carbocycles. The molecule has 138 valence electrons. The number of halogens is 1. The smallest absolute Gasteiger partial charge is 0.315 e. The number of hydrogen-bond donors (Lipinski definition) is 2. The first-order valence-corrected chi connectivity index (χ1v) is 8.74. The highest BCUT2D eigenvalue weighted by Gasteiger charge is 2.25. The summed E-state index contributed by atoms with van der Waals surface area (Å²) >= 11 is 0. The fourth-order valence-corrected chi connectivity index (χ4v) is 3.03. The Morgan fingerprint density at radius 1 is 1.15 bits per heavy atom. The highest BCUT2D eigenvalue weighted by atomic mass is 19.1. The van der Waals surface area contributed by atoms with E-state index in [-0.39, 0.29) is 23.8 Å². The molecule has 2 heterocycles. The van der Waals surface area contributed by atoms with Gasteiger partial charge in [0.25, 0.3) is 5.91 Å². The molecule has 0 radical (unpaired) electrons. The van der Waals surface area contributed by atoms with Gasteiger partial charge in [0.15, 0.2) is 5.76 Å². The fourth-order valence-electron chi connectivity index (χ4n) is 3.03. The second-order valence-corrected chi connectivity index (χ2v) is 6.29. The molecule has 3 rings (SSSR count). The van der Waals surface area contributed by atoms with Crippen molar-refractivity contribution in [3.05, 3.63) is 59.8 Å². The van der Waals surface area contributed by atoms with Crippen molar-refractivity contribution in [3.8, 4) is 0 Å². The van der Waals surface area contributed by atoms with Crippen molar-refractivity contribution < 1.29 is 18.4 Å². The molecule has 6 nitrogen and oxygen atoms in total. The van der Waals surface area contributed by atoms with Crippen molar-refractivity contribution in [1.82, 2.24) is 15.5 Å². The van der Waals surface area contributed by atoms with Gasteiger partial charge in [-0.2, -0.15) is 0 Å². The van der Waals surface area contributed by atoms with E-state index in [0.717, 1.165) is 0 Å². The predicted molar refractivity (Wildman–Crippen MR) is 94.3 cm³/mol. The minimum absolute atomic E-state index is 0.0177. The molecule has 1 fully saturated rings. The van der Waals surface area contributed by atoms with Gasteiger partial charge in [0.2, 0.25) is 0 Å². The monoisotopic (exact) mass is 359 g/mol. The summed E-state index contributed by atoms with van der Waals surface area (Å²) in [5, 5.41) is 5.66. The summed E-state index contributed by atoms with van der Waals surface area (Å²) in [6.45, 7) is 1.50. The van der Waals surface area contributed by atoms with Crippen LogP contribution in [-0.2, 0) is 6.42 Å². The molecule has 7 heteroatoms. The van der Waals surface area contributed by atoms with Crippen molar-refractivity contribution in [3.63, 3.8) is 0 Å². The first-order chi connectivity index (χ1) is 12.6. The lowest BCUT2D eigenvalue weighted by Gasteiger charge is -2.31. The summed E-state index contributed by atoms with van der Waals surface area (Å²) in [4.78, 5) is 25.9. The number of rotatable bonds is 5. The van der Waals surface area contributed by atoms with Gasteiger partial charge >= 0.3 is 6.03 Å². The molecule has 0 spiro atoms. The molecule has 0 saturated carbocycles. The molecule has 1 aliphatic rings. The van der Waals surface area contributed by atoms with E-state index in [4.69, 9.17) is 4.42 Å². The molecular formula is C19H22FN3O3. The first kappa shape index (κ1) is 18.0. The molecule has 2 N–H and O–H groups in total. The van der Waals surface area contributed by atoms with Crippen LogP contribution in [0.3, 0.4) is 0 Å². The number of nitrogens with one attached hydrogen (secondary N) is 2. The topological polar surface area (TPSA) is 74.6 Å².